The minimum Gasteiger partial charge on any atom is -0.487 e. The minimum absolute atomic E-state index is 0.0244. The molecule has 2 aromatic rings. The van der Waals surface area contributed by atoms with E-state index in [0.29, 0.717) is 43.2 Å². The van der Waals surface area contributed by atoms with E-state index < -0.39 is 12.5 Å². The Kier molecular flexibility index (Phi) is 7.02. The number of nitrogens with zero attached hydrogens (tertiary/aromatic N) is 5. The van der Waals surface area contributed by atoms with Gasteiger partial charge in [0.15, 0.2) is 0 Å². The molecule has 0 N–H and O–H groups in total. The fourth-order valence-corrected chi connectivity index (χ4v) is 6.99. The zero-order chi connectivity index (χ0) is 27.3. The summed E-state index contributed by atoms with van der Waals surface area (Å²) in [5.41, 5.74) is 1.51. The monoisotopic (exact) mass is 561 g/mol. The number of carbonyl (C=O) groups excluding carboxylic acids is 2. The highest BCUT2D eigenvalue weighted by Gasteiger charge is 2.52. The van der Waals surface area contributed by atoms with Crippen molar-refractivity contribution in [2.45, 2.75) is 76.9 Å². The van der Waals surface area contributed by atoms with Crippen molar-refractivity contribution in [2.24, 2.45) is 18.4 Å². The third kappa shape index (κ3) is 5.00. The summed E-state index contributed by atoms with van der Waals surface area (Å²) >= 11 is 6.68. The number of halogens is 3. The minimum atomic E-state index is -2.74. The molecule has 1 atom stereocenters. The standard InChI is InChI=1S/C28H34ClF2N5O3/c1-34-25(26(30)31)20(32-33-34)15-39-22-8-7-19(29)18-9-12-36(27(38)17-5-3-2-4-6-17)21(24(18)22)14-35-16-28(10-11-28)13-23(35)37/h7-8,17,21,26H,2-6,9-16H2,1H3/t21-/m1/s1. The lowest BCUT2D eigenvalue weighted by Gasteiger charge is -2.42. The molecule has 210 valence electrons. The zero-order valence-electron chi connectivity index (χ0n) is 22.2. The molecule has 11 heteroatoms. The van der Waals surface area contributed by atoms with Crippen LogP contribution < -0.4 is 4.74 Å². The second kappa shape index (κ2) is 10.3. The van der Waals surface area contributed by atoms with E-state index in [1.807, 2.05) is 9.80 Å². The largest absolute Gasteiger partial charge is 0.487 e. The van der Waals surface area contributed by atoms with Crippen molar-refractivity contribution in [3.63, 3.8) is 0 Å². The molecule has 3 fully saturated rings. The van der Waals surface area contributed by atoms with Crippen LogP contribution in [0, 0.1) is 11.3 Å². The smallest absolute Gasteiger partial charge is 0.282 e. The van der Waals surface area contributed by atoms with Gasteiger partial charge in [0.2, 0.25) is 11.8 Å². The van der Waals surface area contributed by atoms with Crippen molar-refractivity contribution in [1.29, 1.82) is 0 Å². The van der Waals surface area contributed by atoms with E-state index in [0.717, 1.165) is 60.8 Å². The molecule has 2 aliphatic carbocycles. The lowest BCUT2D eigenvalue weighted by Crippen LogP contribution is -2.48. The summed E-state index contributed by atoms with van der Waals surface area (Å²) < 4.78 is 34.5. The van der Waals surface area contributed by atoms with Crippen LogP contribution in [-0.2, 0) is 29.7 Å². The second-order valence-electron chi connectivity index (χ2n) is 11.7. The van der Waals surface area contributed by atoms with Crippen LogP contribution in [0.1, 0.15) is 86.3 Å². The van der Waals surface area contributed by atoms with Gasteiger partial charge in [0.1, 0.15) is 23.7 Å². The van der Waals surface area contributed by atoms with E-state index >= 15 is 0 Å². The fourth-order valence-electron chi connectivity index (χ4n) is 6.74. The van der Waals surface area contributed by atoms with E-state index in [-0.39, 0.29) is 41.1 Å². The van der Waals surface area contributed by atoms with E-state index in [1.165, 1.54) is 7.05 Å². The van der Waals surface area contributed by atoms with Crippen LogP contribution in [0.25, 0.3) is 0 Å². The molecule has 1 saturated heterocycles. The average Bonchev–Trinajstić information content (AvgIpc) is 3.46. The molecular weight excluding hydrogens is 528 g/mol. The molecule has 2 saturated carbocycles. The summed E-state index contributed by atoms with van der Waals surface area (Å²) in [4.78, 5) is 30.8. The van der Waals surface area contributed by atoms with Crippen LogP contribution in [0.3, 0.4) is 0 Å². The molecule has 0 unspecified atom stereocenters. The van der Waals surface area contributed by atoms with Gasteiger partial charge < -0.3 is 14.5 Å². The molecule has 8 nitrogen and oxygen atoms in total. The van der Waals surface area contributed by atoms with E-state index in [1.54, 1.807) is 12.1 Å². The SMILES string of the molecule is Cn1nnc(COc2ccc(Cl)c3c2[C@@H](CN2CC4(CC4)CC2=O)N(C(=O)C2CCCCC2)CC3)c1C(F)F. The Hall–Kier alpha value is -2.75. The number of hydrogen-bond donors (Lipinski definition) is 0. The van der Waals surface area contributed by atoms with Gasteiger partial charge in [-0.3, -0.25) is 9.59 Å². The van der Waals surface area contributed by atoms with Crippen molar-refractivity contribution in [3.8, 4) is 5.75 Å². The van der Waals surface area contributed by atoms with Crippen LogP contribution in [-0.4, -0.2) is 56.2 Å². The number of alkyl halides is 2. The van der Waals surface area contributed by atoms with Crippen LogP contribution in [0.2, 0.25) is 5.02 Å². The Labute approximate surface area is 231 Å². The van der Waals surface area contributed by atoms with E-state index in [9.17, 15) is 18.4 Å². The van der Waals surface area contributed by atoms with Gasteiger partial charge in [0.25, 0.3) is 6.43 Å². The average molecular weight is 562 g/mol. The molecule has 1 spiro atoms. The van der Waals surface area contributed by atoms with E-state index in [4.69, 9.17) is 16.3 Å². The van der Waals surface area contributed by atoms with Crippen molar-refractivity contribution in [2.75, 3.05) is 19.6 Å². The number of aryl methyl sites for hydroxylation is 1. The predicted molar refractivity (Wildman–Crippen MR) is 139 cm³/mol. The first kappa shape index (κ1) is 26.5. The van der Waals surface area contributed by atoms with Crippen LogP contribution in [0.5, 0.6) is 5.75 Å². The van der Waals surface area contributed by atoms with Crippen LogP contribution in [0.4, 0.5) is 8.78 Å². The number of carbonyl (C=O) groups is 2. The maximum Gasteiger partial charge on any atom is 0.282 e. The summed E-state index contributed by atoms with van der Waals surface area (Å²) in [6.45, 7) is 1.40. The van der Waals surface area contributed by atoms with Crippen molar-refractivity contribution in [3.05, 3.63) is 39.7 Å². The first-order valence-electron chi connectivity index (χ1n) is 14.0. The van der Waals surface area contributed by atoms with Crippen LogP contribution >= 0.6 is 11.6 Å². The Balaban J connectivity index is 1.34. The number of benzene rings is 1. The lowest BCUT2D eigenvalue weighted by atomic mass is 9.85. The summed E-state index contributed by atoms with van der Waals surface area (Å²) in [7, 11) is 1.42. The number of fused-ring (bicyclic) bond motifs is 1. The van der Waals surface area contributed by atoms with Gasteiger partial charge in [-0.2, -0.15) is 0 Å². The molecular formula is C28H34ClF2N5O3. The number of rotatable bonds is 7. The second-order valence-corrected chi connectivity index (χ2v) is 12.1. The number of amides is 2. The molecule has 2 aliphatic heterocycles. The van der Waals surface area contributed by atoms with Crippen molar-refractivity contribution < 1.29 is 23.1 Å². The Bertz CT molecular complexity index is 1270. The molecule has 6 rings (SSSR count). The number of hydrogen-bond acceptors (Lipinski definition) is 5. The summed E-state index contributed by atoms with van der Waals surface area (Å²) in [6.07, 6.45) is 5.50. The van der Waals surface area contributed by atoms with Crippen molar-refractivity contribution in [1.82, 2.24) is 24.8 Å². The molecule has 4 aliphatic rings. The Morgan fingerprint density at radius 2 is 2.00 bits per heavy atom. The highest BCUT2D eigenvalue weighted by Crippen LogP contribution is 2.54. The Morgan fingerprint density at radius 1 is 1.23 bits per heavy atom. The predicted octanol–water partition coefficient (Wildman–Crippen LogP) is 5.00. The van der Waals surface area contributed by atoms with Gasteiger partial charge in [0, 0.05) is 49.6 Å². The molecule has 1 aromatic carbocycles. The van der Waals surface area contributed by atoms with E-state index in [2.05, 4.69) is 10.3 Å². The maximum absolute atomic E-state index is 13.9. The van der Waals surface area contributed by atoms with Gasteiger partial charge in [-0.25, -0.2) is 13.5 Å². The zero-order valence-corrected chi connectivity index (χ0v) is 22.9. The molecule has 3 heterocycles. The van der Waals surface area contributed by atoms with Gasteiger partial charge in [-0.15, -0.1) is 5.10 Å². The maximum atomic E-state index is 13.9. The summed E-state index contributed by atoms with van der Waals surface area (Å²) in [6, 6.07) is 3.05. The molecule has 0 bridgehead atoms. The number of aromatic nitrogens is 3. The molecule has 39 heavy (non-hydrogen) atoms. The normalized spacial score (nSPS) is 22.6. The highest BCUT2D eigenvalue weighted by molar-refractivity contribution is 6.31. The van der Waals surface area contributed by atoms with Crippen LogP contribution in [0.15, 0.2) is 12.1 Å². The Morgan fingerprint density at radius 3 is 2.69 bits per heavy atom. The first-order valence-corrected chi connectivity index (χ1v) is 14.3. The topological polar surface area (TPSA) is 80.6 Å². The van der Waals surface area contributed by atoms with Gasteiger partial charge in [-0.1, -0.05) is 36.1 Å². The fraction of sp³-hybridized carbons (Fsp3) is 0.643. The molecule has 0 radical (unpaired) electrons. The summed E-state index contributed by atoms with van der Waals surface area (Å²) in [5, 5.41) is 8.20. The molecule has 2 amide bonds. The van der Waals surface area contributed by atoms with Gasteiger partial charge in [0.05, 0.1) is 6.04 Å². The highest BCUT2D eigenvalue weighted by atomic mass is 35.5. The molecule has 1 aromatic heterocycles. The lowest BCUT2D eigenvalue weighted by molar-refractivity contribution is -0.141. The summed E-state index contributed by atoms with van der Waals surface area (Å²) in [5.74, 6) is 0.691. The first-order chi connectivity index (χ1) is 18.8. The third-order valence-electron chi connectivity index (χ3n) is 9.08. The number of ether oxygens (including phenoxy) is 1. The van der Waals surface area contributed by atoms with Gasteiger partial charge >= 0.3 is 0 Å². The third-order valence-corrected chi connectivity index (χ3v) is 9.43. The number of likely N-dealkylation sites (tertiary alicyclic amines) is 1. The quantitative estimate of drug-likeness (QED) is 0.475. The van der Waals surface area contributed by atoms with Gasteiger partial charge in [-0.05, 0) is 55.2 Å². The van der Waals surface area contributed by atoms with Crippen molar-refractivity contribution >= 4 is 23.4 Å².